The molecule has 94 valence electrons. The van der Waals surface area contributed by atoms with Crippen molar-refractivity contribution in [2.75, 3.05) is 0 Å². The molecule has 0 radical (unpaired) electrons. The van der Waals surface area contributed by atoms with Crippen molar-refractivity contribution in [1.29, 1.82) is 0 Å². The van der Waals surface area contributed by atoms with Gasteiger partial charge in [-0.15, -0.1) is 0 Å². The summed E-state index contributed by atoms with van der Waals surface area (Å²) in [5.74, 6) is 5.15. The van der Waals surface area contributed by atoms with Crippen LogP contribution in [0.2, 0.25) is 0 Å². The Kier molecular flexibility index (Phi) is 3.59. The summed E-state index contributed by atoms with van der Waals surface area (Å²) in [6, 6.07) is 9.61. The number of aromatic nitrogens is 2. The number of nitrogens with two attached hydrogens (primary N) is 1. The molecule has 1 aromatic heterocycles. The van der Waals surface area contributed by atoms with Gasteiger partial charge in [0.25, 0.3) is 5.91 Å². The molecule has 1 unspecified atom stereocenters. The second-order valence-corrected chi connectivity index (χ2v) is 3.72. The summed E-state index contributed by atoms with van der Waals surface area (Å²) in [5, 5.41) is 4.15. The number of hydrazine groups is 1. The molecule has 1 amide bonds. The largest absolute Gasteiger partial charge is 0.478 e. The van der Waals surface area contributed by atoms with Crippen LogP contribution in [-0.4, -0.2) is 21.8 Å². The van der Waals surface area contributed by atoms with Crippen molar-refractivity contribution in [3.8, 4) is 11.4 Å². The van der Waals surface area contributed by atoms with Gasteiger partial charge in [0, 0.05) is 0 Å². The number of hydrogen-bond acceptors (Lipinski definition) is 4. The number of carbonyl (C=O) groups excluding carboxylic acids is 1. The van der Waals surface area contributed by atoms with Crippen molar-refractivity contribution >= 4 is 5.91 Å². The number of nitrogens with zero attached hydrogens (tertiary/aromatic N) is 2. The molecule has 0 spiro atoms. The highest BCUT2D eigenvalue weighted by Gasteiger charge is 2.14. The van der Waals surface area contributed by atoms with E-state index in [1.54, 1.807) is 24.0 Å². The van der Waals surface area contributed by atoms with Gasteiger partial charge in [-0.3, -0.25) is 10.2 Å². The standard InChI is InChI=1S/C12H14N4O2/c1-9(12(17)15-13)18-11-7-14-16(8-11)10-5-3-2-4-6-10/h2-9H,13H2,1H3,(H,15,17). The molecule has 6 heteroatoms. The van der Waals surface area contributed by atoms with Gasteiger partial charge < -0.3 is 4.74 Å². The van der Waals surface area contributed by atoms with Crippen LogP contribution in [0.5, 0.6) is 5.75 Å². The highest BCUT2D eigenvalue weighted by molar-refractivity contribution is 5.79. The van der Waals surface area contributed by atoms with E-state index in [1.165, 1.54) is 0 Å². The third-order valence-corrected chi connectivity index (χ3v) is 2.40. The maximum Gasteiger partial charge on any atom is 0.274 e. The maximum atomic E-state index is 11.2. The van der Waals surface area contributed by atoms with Gasteiger partial charge in [-0.25, -0.2) is 10.5 Å². The van der Waals surface area contributed by atoms with Crippen LogP contribution in [0.25, 0.3) is 5.69 Å². The third-order valence-electron chi connectivity index (χ3n) is 2.40. The molecule has 1 atom stereocenters. The zero-order valence-corrected chi connectivity index (χ0v) is 9.91. The maximum absolute atomic E-state index is 11.2. The average molecular weight is 246 g/mol. The summed E-state index contributed by atoms with van der Waals surface area (Å²) >= 11 is 0. The number of nitrogens with one attached hydrogen (secondary N) is 1. The Morgan fingerprint density at radius 1 is 1.44 bits per heavy atom. The Hall–Kier alpha value is -2.34. The number of benzene rings is 1. The fourth-order valence-corrected chi connectivity index (χ4v) is 1.46. The highest BCUT2D eigenvalue weighted by Crippen LogP contribution is 2.14. The fraction of sp³-hybridized carbons (Fsp3) is 0.167. The first-order chi connectivity index (χ1) is 8.70. The van der Waals surface area contributed by atoms with Crippen LogP contribution in [0.15, 0.2) is 42.7 Å². The summed E-state index contributed by atoms with van der Waals surface area (Å²) in [5.41, 5.74) is 2.95. The molecule has 0 saturated heterocycles. The minimum absolute atomic E-state index is 0.387. The van der Waals surface area contributed by atoms with Crippen LogP contribution < -0.4 is 16.0 Å². The molecule has 0 saturated carbocycles. The molecule has 3 N–H and O–H groups in total. The molecule has 6 nitrogen and oxygen atoms in total. The topological polar surface area (TPSA) is 82.2 Å². The monoisotopic (exact) mass is 246 g/mol. The smallest absolute Gasteiger partial charge is 0.274 e. The number of amides is 1. The minimum atomic E-state index is -0.663. The first kappa shape index (κ1) is 12.1. The fourth-order valence-electron chi connectivity index (χ4n) is 1.46. The summed E-state index contributed by atoms with van der Waals surface area (Å²) in [6.07, 6.45) is 2.59. The van der Waals surface area contributed by atoms with E-state index in [1.807, 2.05) is 35.8 Å². The molecular formula is C12H14N4O2. The van der Waals surface area contributed by atoms with Crippen molar-refractivity contribution in [3.05, 3.63) is 42.7 Å². The van der Waals surface area contributed by atoms with Gasteiger partial charge in [-0.1, -0.05) is 18.2 Å². The lowest BCUT2D eigenvalue weighted by molar-refractivity contribution is -0.127. The number of carbonyl (C=O) groups is 1. The van der Waals surface area contributed by atoms with E-state index in [9.17, 15) is 4.79 Å². The average Bonchev–Trinajstić information content (AvgIpc) is 2.87. The number of ether oxygens (including phenoxy) is 1. The van der Waals surface area contributed by atoms with Gasteiger partial charge in [-0.2, -0.15) is 5.10 Å². The van der Waals surface area contributed by atoms with E-state index in [-0.39, 0.29) is 5.91 Å². The molecule has 1 heterocycles. The van der Waals surface area contributed by atoms with Gasteiger partial charge in [0.15, 0.2) is 11.9 Å². The Morgan fingerprint density at radius 3 is 2.83 bits per heavy atom. The van der Waals surface area contributed by atoms with Crippen LogP contribution in [0.1, 0.15) is 6.92 Å². The van der Waals surface area contributed by atoms with E-state index in [4.69, 9.17) is 10.6 Å². The lowest BCUT2D eigenvalue weighted by Gasteiger charge is -2.10. The van der Waals surface area contributed by atoms with Gasteiger partial charge >= 0.3 is 0 Å². The zero-order chi connectivity index (χ0) is 13.0. The van der Waals surface area contributed by atoms with Crippen molar-refractivity contribution in [2.24, 2.45) is 5.84 Å². The van der Waals surface area contributed by atoms with Gasteiger partial charge in [-0.05, 0) is 19.1 Å². The third kappa shape index (κ3) is 2.67. The van der Waals surface area contributed by atoms with E-state index < -0.39 is 6.10 Å². The summed E-state index contributed by atoms with van der Waals surface area (Å²) in [4.78, 5) is 11.2. The molecule has 18 heavy (non-hydrogen) atoms. The second-order valence-electron chi connectivity index (χ2n) is 3.72. The lowest BCUT2D eigenvalue weighted by Crippen LogP contribution is -2.40. The molecule has 0 bridgehead atoms. The molecule has 1 aromatic carbocycles. The summed E-state index contributed by atoms with van der Waals surface area (Å²) in [6.45, 7) is 1.61. The van der Waals surface area contributed by atoms with E-state index >= 15 is 0 Å². The highest BCUT2D eigenvalue weighted by atomic mass is 16.5. The Labute approximate surface area is 104 Å². The van der Waals surface area contributed by atoms with E-state index in [2.05, 4.69) is 5.10 Å². The van der Waals surface area contributed by atoms with Crippen molar-refractivity contribution in [2.45, 2.75) is 13.0 Å². The number of rotatable bonds is 4. The van der Waals surface area contributed by atoms with Crippen LogP contribution in [0.3, 0.4) is 0 Å². The predicted octanol–water partition coefficient (Wildman–Crippen LogP) is 0.629. The zero-order valence-electron chi connectivity index (χ0n) is 9.91. The first-order valence-corrected chi connectivity index (χ1v) is 5.48. The van der Waals surface area contributed by atoms with Gasteiger partial charge in [0.2, 0.25) is 0 Å². The van der Waals surface area contributed by atoms with E-state index in [0.29, 0.717) is 5.75 Å². The SMILES string of the molecule is CC(Oc1cnn(-c2ccccc2)c1)C(=O)NN. The van der Waals surface area contributed by atoms with Crippen molar-refractivity contribution in [1.82, 2.24) is 15.2 Å². The van der Waals surface area contributed by atoms with Crippen LogP contribution in [-0.2, 0) is 4.79 Å². The Bertz CT molecular complexity index is 524. The molecule has 0 aliphatic heterocycles. The predicted molar refractivity (Wildman–Crippen MR) is 66.0 cm³/mol. The normalized spacial score (nSPS) is 11.9. The van der Waals surface area contributed by atoms with Crippen LogP contribution >= 0.6 is 0 Å². The van der Waals surface area contributed by atoms with Gasteiger partial charge in [0.05, 0.1) is 18.1 Å². The van der Waals surface area contributed by atoms with Gasteiger partial charge in [0.1, 0.15) is 0 Å². The van der Waals surface area contributed by atoms with Crippen LogP contribution in [0, 0.1) is 0 Å². The van der Waals surface area contributed by atoms with E-state index in [0.717, 1.165) is 5.69 Å². The quantitative estimate of drug-likeness (QED) is 0.471. The number of para-hydroxylation sites is 1. The molecule has 0 fully saturated rings. The number of hydrogen-bond donors (Lipinski definition) is 2. The van der Waals surface area contributed by atoms with Crippen LogP contribution in [0.4, 0.5) is 0 Å². The summed E-state index contributed by atoms with van der Waals surface area (Å²) in [7, 11) is 0. The molecular weight excluding hydrogens is 232 g/mol. The molecule has 2 aromatic rings. The molecule has 2 rings (SSSR count). The Balaban J connectivity index is 2.09. The first-order valence-electron chi connectivity index (χ1n) is 5.48. The Morgan fingerprint density at radius 2 is 2.17 bits per heavy atom. The lowest BCUT2D eigenvalue weighted by atomic mass is 10.3. The molecule has 0 aliphatic rings. The molecule has 0 aliphatic carbocycles. The second kappa shape index (κ2) is 5.33. The van der Waals surface area contributed by atoms with Crippen molar-refractivity contribution < 1.29 is 9.53 Å². The summed E-state index contributed by atoms with van der Waals surface area (Å²) < 4.78 is 7.06. The van der Waals surface area contributed by atoms with Crippen molar-refractivity contribution in [3.63, 3.8) is 0 Å². The minimum Gasteiger partial charge on any atom is -0.478 e.